The summed E-state index contributed by atoms with van der Waals surface area (Å²) in [5, 5.41) is 0. The first-order chi connectivity index (χ1) is 7.68. The van der Waals surface area contributed by atoms with Gasteiger partial charge in [0.1, 0.15) is 0 Å². The van der Waals surface area contributed by atoms with Crippen LogP contribution < -0.4 is 5.73 Å². The van der Waals surface area contributed by atoms with Gasteiger partial charge in [0.15, 0.2) is 0 Å². The third-order valence-electron chi connectivity index (χ3n) is 3.21. The fourth-order valence-electron chi connectivity index (χ4n) is 1.96. The second kappa shape index (κ2) is 4.61. The van der Waals surface area contributed by atoms with Crippen LogP contribution in [0.2, 0.25) is 0 Å². The summed E-state index contributed by atoms with van der Waals surface area (Å²) in [6.45, 7) is 3.58. The average Bonchev–Trinajstić information content (AvgIpc) is 2.33. The highest BCUT2D eigenvalue weighted by molar-refractivity contribution is 5.93. The van der Waals surface area contributed by atoms with Crippen LogP contribution in [0.4, 0.5) is 0 Å². The summed E-state index contributed by atoms with van der Waals surface area (Å²) in [5.74, 6) is 0.536. The van der Waals surface area contributed by atoms with Gasteiger partial charge in [-0.2, -0.15) is 0 Å². The van der Waals surface area contributed by atoms with E-state index in [0.29, 0.717) is 18.0 Å². The van der Waals surface area contributed by atoms with Crippen LogP contribution in [0.3, 0.4) is 0 Å². The number of likely N-dealkylation sites (tertiary alicyclic amines) is 1. The van der Waals surface area contributed by atoms with Crippen LogP contribution in [0.25, 0.3) is 0 Å². The van der Waals surface area contributed by atoms with Crippen LogP contribution >= 0.6 is 0 Å². The van der Waals surface area contributed by atoms with Crippen LogP contribution in [-0.2, 0) is 0 Å². The number of amides is 1. The number of pyridine rings is 1. The molecule has 0 saturated carbocycles. The normalized spacial score (nSPS) is 25.5. The van der Waals surface area contributed by atoms with E-state index < -0.39 is 0 Å². The van der Waals surface area contributed by atoms with Gasteiger partial charge in [-0.15, -0.1) is 0 Å². The van der Waals surface area contributed by atoms with E-state index in [9.17, 15) is 4.79 Å². The number of nitrogens with zero attached hydrogens (tertiary/aromatic N) is 2. The lowest BCUT2D eigenvalue weighted by atomic mass is 9.94. The van der Waals surface area contributed by atoms with Gasteiger partial charge in [-0.05, 0) is 24.5 Å². The van der Waals surface area contributed by atoms with Crippen LogP contribution in [0, 0.1) is 5.92 Å². The van der Waals surface area contributed by atoms with E-state index in [2.05, 4.69) is 11.9 Å². The van der Waals surface area contributed by atoms with Gasteiger partial charge in [-0.1, -0.05) is 6.92 Å². The number of nitrogens with two attached hydrogens (primary N) is 1. The van der Waals surface area contributed by atoms with E-state index in [1.165, 1.54) is 0 Å². The molecule has 2 N–H and O–H groups in total. The van der Waals surface area contributed by atoms with E-state index in [-0.39, 0.29) is 11.9 Å². The maximum Gasteiger partial charge on any atom is 0.255 e. The van der Waals surface area contributed by atoms with Gasteiger partial charge in [0.25, 0.3) is 5.91 Å². The Kier molecular flexibility index (Phi) is 3.19. The summed E-state index contributed by atoms with van der Waals surface area (Å²) in [5.41, 5.74) is 6.62. The Bertz CT molecular complexity index is 366. The molecule has 4 heteroatoms. The largest absolute Gasteiger partial charge is 0.337 e. The highest BCUT2D eigenvalue weighted by atomic mass is 16.2. The summed E-state index contributed by atoms with van der Waals surface area (Å²) in [6.07, 6.45) is 4.25. The minimum Gasteiger partial charge on any atom is -0.337 e. The topological polar surface area (TPSA) is 59.2 Å². The van der Waals surface area contributed by atoms with Crippen molar-refractivity contribution in [2.75, 3.05) is 13.1 Å². The van der Waals surface area contributed by atoms with Crippen LogP contribution in [-0.4, -0.2) is 34.9 Å². The second-order valence-corrected chi connectivity index (χ2v) is 4.42. The number of carbonyl (C=O) groups is 1. The third kappa shape index (κ3) is 2.22. The van der Waals surface area contributed by atoms with Crippen LogP contribution in [0.15, 0.2) is 24.5 Å². The summed E-state index contributed by atoms with van der Waals surface area (Å²) in [6, 6.07) is 3.66. The number of carbonyl (C=O) groups excluding carboxylic acids is 1. The Morgan fingerprint density at radius 1 is 1.62 bits per heavy atom. The lowest BCUT2D eigenvalue weighted by Crippen LogP contribution is -2.49. The van der Waals surface area contributed by atoms with Crippen molar-refractivity contribution >= 4 is 5.91 Å². The predicted octanol–water partition coefficient (Wildman–Crippen LogP) is 0.891. The second-order valence-electron chi connectivity index (χ2n) is 4.42. The van der Waals surface area contributed by atoms with Gasteiger partial charge in [0.2, 0.25) is 0 Å². The molecule has 2 rings (SSSR count). The SMILES string of the molecule is CC1CCN(C(=O)c2cccnc2)CC1N. The number of rotatable bonds is 1. The molecule has 0 spiro atoms. The number of hydrogen-bond acceptors (Lipinski definition) is 3. The highest BCUT2D eigenvalue weighted by Gasteiger charge is 2.26. The Labute approximate surface area is 95.5 Å². The molecule has 1 fully saturated rings. The first-order valence-electron chi connectivity index (χ1n) is 5.63. The highest BCUT2D eigenvalue weighted by Crippen LogP contribution is 2.17. The van der Waals surface area contributed by atoms with E-state index in [4.69, 9.17) is 5.73 Å². The monoisotopic (exact) mass is 219 g/mol. The lowest BCUT2D eigenvalue weighted by Gasteiger charge is -2.35. The molecule has 0 bridgehead atoms. The molecule has 1 amide bonds. The summed E-state index contributed by atoms with van der Waals surface area (Å²) in [7, 11) is 0. The third-order valence-corrected chi connectivity index (χ3v) is 3.21. The fourth-order valence-corrected chi connectivity index (χ4v) is 1.96. The molecule has 0 radical (unpaired) electrons. The molecule has 1 saturated heterocycles. The maximum atomic E-state index is 12.1. The molecule has 0 aromatic carbocycles. The maximum absolute atomic E-state index is 12.1. The van der Waals surface area contributed by atoms with Crippen LogP contribution in [0.5, 0.6) is 0 Å². The van der Waals surface area contributed by atoms with Crippen molar-refractivity contribution in [2.45, 2.75) is 19.4 Å². The van der Waals surface area contributed by atoms with Gasteiger partial charge >= 0.3 is 0 Å². The Morgan fingerprint density at radius 3 is 3.06 bits per heavy atom. The fraction of sp³-hybridized carbons (Fsp3) is 0.500. The van der Waals surface area contributed by atoms with Crippen molar-refractivity contribution in [3.8, 4) is 0 Å². The molecular formula is C12H17N3O. The number of hydrogen-bond donors (Lipinski definition) is 1. The van der Waals surface area contributed by atoms with E-state index >= 15 is 0 Å². The minimum absolute atomic E-state index is 0.0375. The minimum atomic E-state index is 0.0375. The molecule has 2 atom stereocenters. The van der Waals surface area contributed by atoms with Gasteiger partial charge in [-0.3, -0.25) is 9.78 Å². The smallest absolute Gasteiger partial charge is 0.255 e. The molecule has 2 heterocycles. The van der Waals surface area contributed by atoms with Crippen molar-refractivity contribution < 1.29 is 4.79 Å². The van der Waals surface area contributed by atoms with E-state index in [1.807, 2.05) is 4.90 Å². The van der Waals surface area contributed by atoms with Gasteiger partial charge in [-0.25, -0.2) is 0 Å². The number of piperidine rings is 1. The quantitative estimate of drug-likeness (QED) is 0.763. The predicted molar refractivity (Wildman–Crippen MR) is 61.9 cm³/mol. The summed E-state index contributed by atoms with van der Waals surface area (Å²) in [4.78, 5) is 17.9. The Morgan fingerprint density at radius 2 is 2.44 bits per heavy atom. The molecule has 1 aromatic heterocycles. The zero-order valence-electron chi connectivity index (χ0n) is 9.47. The van der Waals surface area contributed by atoms with Gasteiger partial charge in [0.05, 0.1) is 5.56 Å². The molecule has 1 aromatic rings. The van der Waals surface area contributed by atoms with Crippen molar-refractivity contribution in [3.05, 3.63) is 30.1 Å². The van der Waals surface area contributed by atoms with Crippen molar-refractivity contribution in [2.24, 2.45) is 11.7 Å². The van der Waals surface area contributed by atoms with Gasteiger partial charge in [0, 0.05) is 31.5 Å². The summed E-state index contributed by atoms with van der Waals surface area (Å²) >= 11 is 0. The van der Waals surface area contributed by atoms with E-state index in [0.717, 1.165) is 13.0 Å². The molecule has 2 unspecified atom stereocenters. The molecule has 1 aliphatic heterocycles. The molecule has 86 valence electrons. The van der Waals surface area contributed by atoms with Crippen molar-refractivity contribution in [1.82, 2.24) is 9.88 Å². The van der Waals surface area contributed by atoms with Crippen LogP contribution in [0.1, 0.15) is 23.7 Å². The van der Waals surface area contributed by atoms with Crippen molar-refractivity contribution in [1.29, 1.82) is 0 Å². The summed E-state index contributed by atoms with van der Waals surface area (Å²) < 4.78 is 0. The molecular weight excluding hydrogens is 202 g/mol. The zero-order chi connectivity index (χ0) is 11.5. The lowest BCUT2D eigenvalue weighted by molar-refractivity contribution is 0.0672. The Balaban J connectivity index is 2.06. The molecule has 16 heavy (non-hydrogen) atoms. The molecule has 0 aliphatic carbocycles. The number of aromatic nitrogens is 1. The van der Waals surface area contributed by atoms with E-state index in [1.54, 1.807) is 24.5 Å². The first-order valence-corrected chi connectivity index (χ1v) is 5.63. The average molecular weight is 219 g/mol. The van der Waals surface area contributed by atoms with Gasteiger partial charge < -0.3 is 10.6 Å². The standard InChI is InChI=1S/C12H17N3O/c1-9-4-6-15(8-11(9)13)12(16)10-3-2-5-14-7-10/h2-3,5,7,9,11H,4,6,8,13H2,1H3. The first kappa shape index (κ1) is 11.1. The van der Waals surface area contributed by atoms with Crippen molar-refractivity contribution in [3.63, 3.8) is 0 Å². The molecule has 4 nitrogen and oxygen atoms in total. The Hall–Kier alpha value is -1.42. The molecule has 1 aliphatic rings. The zero-order valence-corrected chi connectivity index (χ0v) is 9.47.